The molecule has 0 radical (unpaired) electrons. The zero-order valence-electron chi connectivity index (χ0n) is 14.0. The number of nitrogens with zero attached hydrogens (tertiary/aromatic N) is 1. The summed E-state index contributed by atoms with van der Waals surface area (Å²) in [5.41, 5.74) is -0.215. The Kier molecular flexibility index (Phi) is 6.84. The van der Waals surface area contributed by atoms with E-state index in [0.29, 0.717) is 5.75 Å². The smallest absolute Gasteiger partial charge is 0.314 e. The van der Waals surface area contributed by atoms with E-state index in [9.17, 15) is 14.9 Å². The number of rotatable bonds is 6. The van der Waals surface area contributed by atoms with Crippen LogP contribution in [0.25, 0.3) is 0 Å². The molecular formula is C17H24N2O5. The van der Waals surface area contributed by atoms with E-state index in [1.165, 1.54) is 38.5 Å². The molecule has 1 N–H and O–H groups in total. The minimum atomic E-state index is -0.551. The summed E-state index contributed by atoms with van der Waals surface area (Å²) >= 11 is 0. The van der Waals surface area contributed by atoms with Crippen LogP contribution in [0, 0.1) is 10.1 Å². The zero-order chi connectivity index (χ0) is 17.4. The molecule has 1 aliphatic carbocycles. The van der Waals surface area contributed by atoms with Gasteiger partial charge in [-0.3, -0.25) is 14.9 Å². The molecule has 0 atom stereocenters. The fourth-order valence-corrected chi connectivity index (χ4v) is 2.90. The summed E-state index contributed by atoms with van der Waals surface area (Å²) in [4.78, 5) is 22.6. The van der Waals surface area contributed by atoms with E-state index < -0.39 is 4.92 Å². The second kappa shape index (κ2) is 9.10. The molecule has 0 aliphatic heterocycles. The number of benzene rings is 1. The number of amides is 1. The predicted molar refractivity (Wildman–Crippen MR) is 89.4 cm³/mol. The summed E-state index contributed by atoms with van der Waals surface area (Å²) in [6.07, 6.45) is 7.89. The van der Waals surface area contributed by atoms with Gasteiger partial charge in [-0.05, 0) is 25.0 Å². The monoisotopic (exact) mass is 336 g/mol. The molecule has 2 rings (SSSR count). The van der Waals surface area contributed by atoms with Gasteiger partial charge in [-0.2, -0.15) is 0 Å². The summed E-state index contributed by atoms with van der Waals surface area (Å²) in [5, 5.41) is 14.1. The quantitative estimate of drug-likeness (QED) is 0.636. The highest BCUT2D eigenvalue weighted by molar-refractivity contribution is 5.78. The van der Waals surface area contributed by atoms with Gasteiger partial charge in [-0.1, -0.05) is 32.1 Å². The molecule has 0 spiro atoms. The second-order valence-corrected chi connectivity index (χ2v) is 5.99. The molecule has 1 amide bonds. The van der Waals surface area contributed by atoms with Gasteiger partial charge in [0.15, 0.2) is 12.4 Å². The predicted octanol–water partition coefficient (Wildman–Crippen LogP) is 3.21. The molecule has 24 heavy (non-hydrogen) atoms. The lowest BCUT2D eigenvalue weighted by Gasteiger charge is -2.21. The lowest BCUT2D eigenvalue weighted by atomic mass is 9.97. The maximum atomic E-state index is 12.1. The Morgan fingerprint density at radius 3 is 2.54 bits per heavy atom. The maximum Gasteiger partial charge on any atom is 0.314 e. The fraction of sp³-hybridized carbons (Fsp3) is 0.588. The average Bonchev–Trinajstić information content (AvgIpc) is 2.55. The van der Waals surface area contributed by atoms with Crippen LogP contribution in [0.4, 0.5) is 5.69 Å². The van der Waals surface area contributed by atoms with Crippen LogP contribution < -0.4 is 14.8 Å². The van der Waals surface area contributed by atoms with Crippen LogP contribution in [0.15, 0.2) is 18.2 Å². The Bertz CT molecular complexity index is 568. The molecule has 1 saturated carbocycles. The van der Waals surface area contributed by atoms with Gasteiger partial charge in [-0.25, -0.2) is 0 Å². The van der Waals surface area contributed by atoms with Gasteiger partial charge in [-0.15, -0.1) is 0 Å². The highest BCUT2D eigenvalue weighted by atomic mass is 16.6. The maximum absolute atomic E-state index is 12.1. The highest BCUT2D eigenvalue weighted by Crippen LogP contribution is 2.30. The molecule has 1 aliphatic rings. The van der Waals surface area contributed by atoms with Crippen molar-refractivity contribution < 1.29 is 19.2 Å². The Morgan fingerprint density at radius 2 is 1.92 bits per heavy atom. The van der Waals surface area contributed by atoms with Gasteiger partial charge >= 0.3 is 5.69 Å². The molecular weight excluding hydrogens is 312 g/mol. The number of nitro groups is 1. The third-order valence-corrected chi connectivity index (χ3v) is 4.19. The topological polar surface area (TPSA) is 90.7 Å². The Morgan fingerprint density at radius 1 is 1.25 bits per heavy atom. The fourth-order valence-electron chi connectivity index (χ4n) is 2.90. The molecule has 7 nitrogen and oxygen atoms in total. The normalized spacial score (nSPS) is 15.9. The summed E-state index contributed by atoms with van der Waals surface area (Å²) < 4.78 is 10.3. The minimum Gasteiger partial charge on any atom is -0.496 e. The molecule has 0 unspecified atom stereocenters. The summed E-state index contributed by atoms with van der Waals surface area (Å²) in [5.74, 6) is 0.187. The van der Waals surface area contributed by atoms with Gasteiger partial charge in [0.2, 0.25) is 0 Å². The van der Waals surface area contributed by atoms with E-state index in [2.05, 4.69) is 5.32 Å². The zero-order valence-corrected chi connectivity index (χ0v) is 14.0. The van der Waals surface area contributed by atoms with E-state index in [4.69, 9.17) is 9.47 Å². The molecule has 0 heterocycles. The first-order chi connectivity index (χ1) is 11.6. The number of hydrogen-bond acceptors (Lipinski definition) is 5. The van der Waals surface area contributed by atoms with Crippen molar-refractivity contribution in [2.75, 3.05) is 13.7 Å². The van der Waals surface area contributed by atoms with Crippen molar-refractivity contribution >= 4 is 11.6 Å². The number of nitrogens with one attached hydrogen (secondary N) is 1. The molecule has 0 aromatic heterocycles. The van der Waals surface area contributed by atoms with Crippen molar-refractivity contribution in [1.82, 2.24) is 5.32 Å². The van der Waals surface area contributed by atoms with E-state index in [1.807, 2.05) is 0 Å². The number of hydrogen-bond donors (Lipinski definition) is 1. The second-order valence-electron chi connectivity index (χ2n) is 5.99. The van der Waals surface area contributed by atoms with Crippen molar-refractivity contribution in [3.8, 4) is 11.5 Å². The van der Waals surface area contributed by atoms with Crippen molar-refractivity contribution in [3.05, 3.63) is 28.3 Å². The first-order valence-corrected chi connectivity index (χ1v) is 8.34. The van der Waals surface area contributed by atoms with Gasteiger partial charge in [0.1, 0.15) is 5.75 Å². The number of ether oxygens (including phenoxy) is 2. The van der Waals surface area contributed by atoms with E-state index in [-0.39, 0.29) is 30.0 Å². The Labute approximate surface area is 141 Å². The molecule has 0 saturated heterocycles. The van der Waals surface area contributed by atoms with Crippen molar-refractivity contribution in [2.24, 2.45) is 0 Å². The molecule has 1 aromatic carbocycles. The van der Waals surface area contributed by atoms with Crippen LogP contribution in [0.2, 0.25) is 0 Å². The SMILES string of the molecule is COc1ccc(OCC(=O)NC2CCCCCCC2)c([N+](=O)[O-])c1. The lowest BCUT2D eigenvalue weighted by molar-refractivity contribution is -0.385. The first-order valence-electron chi connectivity index (χ1n) is 8.34. The standard InChI is InChI=1S/C17H24N2O5/c1-23-14-9-10-16(15(11-14)19(21)22)24-12-17(20)18-13-7-5-3-2-4-6-8-13/h9-11,13H,2-8,12H2,1H3,(H,18,20). The van der Waals surface area contributed by atoms with E-state index >= 15 is 0 Å². The summed E-state index contributed by atoms with van der Waals surface area (Å²) in [7, 11) is 1.43. The summed E-state index contributed by atoms with van der Waals surface area (Å²) in [6.45, 7) is -0.232. The van der Waals surface area contributed by atoms with Crippen LogP contribution >= 0.6 is 0 Å². The summed E-state index contributed by atoms with van der Waals surface area (Å²) in [6, 6.07) is 4.46. The van der Waals surface area contributed by atoms with Crippen molar-refractivity contribution in [3.63, 3.8) is 0 Å². The van der Waals surface area contributed by atoms with Crippen LogP contribution in [-0.4, -0.2) is 30.6 Å². The van der Waals surface area contributed by atoms with Crippen LogP contribution in [-0.2, 0) is 4.79 Å². The van der Waals surface area contributed by atoms with Gasteiger partial charge < -0.3 is 14.8 Å². The van der Waals surface area contributed by atoms with Crippen LogP contribution in [0.3, 0.4) is 0 Å². The number of carbonyl (C=O) groups excluding carboxylic acids is 1. The van der Waals surface area contributed by atoms with E-state index in [1.54, 1.807) is 6.07 Å². The molecule has 0 bridgehead atoms. The number of carbonyl (C=O) groups is 1. The lowest BCUT2D eigenvalue weighted by Crippen LogP contribution is -2.38. The Balaban J connectivity index is 1.90. The molecule has 7 heteroatoms. The third-order valence-electron chi connectivity index (χ3n) is 4.19. The van der Waals surface area contributed by atoms with Crippen molar-refractivity contribution in [1.29, 1.82) is 0 Å². The number of nitro benzene ring substituents is 1. The van der Waals surface area contributed by atoms with Crippen LogP contribution in [0.1, 0.15) is 44.9 Å². The van der Waals surface area contributed by atoms with Gasteiger partial charge in [0.05, 0.1) is 18.1 Å². The largest absolute Gasteiger partial charge is 0.496 e. The minimum absolute atomic E-state index is 0.0635. The van der Waals surface area contributed by atoms with Gasteiger partial charge in [0.25, 0.3) is 5.91 Å². The van der Waals surface area contributed by atoms with Crippen molar-refractivity contribution in [2.45, 2.75) is 51.0 Å². The van der Waals surface area contributed by atoms with Crippen LogP contribution in [0.5, 0.6) is 11.5 Å². The van der Waals surface area contributed by atoms with E-state index in [0.717, 1.165) is 25.7 Å². The average molecular weight is 336 g/mol. The highest BCUT2D eigenvalue weighted by Gasteiger charge is 2.19. The van der Waals surface area contributed by atoms with Gasteiger partial charge in [0, 0.05) is 6.04 Å². The number of methoxy groups -OCH3 is 1. The molecule has 1 fully saturated rings. The first kappa shape index (κ1) is 18.0. The molecule has 132 valence electrons. The third kappa shape index (κ3) is 5.40. The molecule has 1 aromatic rings. The Hall–Kier alpha value is -2.31.